The highest BCUT2D eigenvalue weighted by molar-refractivity contribution is 5.94. The van der Waals surface area contributed by atoms with Crippen LogP contribution in [0.2, 0.25) is 0 Å². The van der Waals surface area contributed by atoms with Crippen molar-refractivity contribution in [2.24, 2.45) is 5.92 Å². The molecule has 0 atom stereocenters. The van der Waals surface area contributed by atoms with E-state index in [-0.39, 0.29) is 5.91 Å². The molecule has 104 valence electrons. The Labute approximate surface area is 117 Å². The zero-order valence-corrected chi connectivity index (χ0v) is 11.4. The van der Waals surface area contributed by atoms with E-state index in [9.17, 15) is 4.79 Å². The molecule has 5 heteroatoms. The van der Waals surface area contributed by atoms with Gasteiger partial charge in [-0.3, -0.25) is 9.20 Å². The van der Waals surface area contributed by atoms with Gasteiger partial charge in [0.05, 0.1) is 12.7 Å². The molecule has 0 radical (unpaired) electrons. The van der Waals surface area contributed by atoms with Crippen molar-refractivity contribution in [1.82, 2.24) is 19.6 Å². The number of hydrogen-bond donors (Lipinski definition) is 1. The Bertz CT molecular complexity index is 657. The molecule has 20 heavy (non-hydrogen) atoms. The molecule has 0 spiro atoms. The fourth-order valence-corrected chi connectivity index (χ4v) is 3.33. The minimum absolute atomic E-state index is 0.120. The van der Waals surface area contributed by atoms with Crippen molar-refractivity contribution < 1.29 is 4.79 Å². The van der Waals surface area contributed by atoms with Crippen LogP contribution in [0.1, 0.15) is 29.0 Å². The third-order valence-corrected chi connectivity index (χ3v) is 4.41. The van der Waals surface area contributed by atoms with E-state index >= 15 is 0 Å². The van der Waals surface area contributed by atoms with Gasteiger partial charge in [-0.25, -0.2) is 4.98 Å². The molecule has 1 saturated heterocycles. The lowest BCUT2D eigenvalue weighted by molar-refractivity contribution is 0.0671. The van der Waals surface area contributed by atoms with Crippen molar-refractivity contribution in [3.63, 3.8) is 0 Å². The summed E-state index contributed by atoms with van der Waals surface area (Å²) in [5.41, 5.74) is 2.73. The second-order valence-corrected chi connectivity index (χ2v) is 5.73. The lowest BCUT2D eigenvalue weighted by Gasteiger charge is -2.32. The third-order valence-electron chi connectivity index (χ3n) is 4.41. The number of aromatic nitrogens is 2. The average Bonchev–Trinajstić information content (AvgIpc) is 2.91. The Kier molecular flexibility index (Phi) is 2.73. The van der Waals surface area contributed by atoms with Gasteiger partial charge in [0, 0.05) is 12.2 Å². The van der Waals surface area contributed by atoms with Gasteiger partial charge >= 0.3 is 0 Å². The summed E-state index contributed by atoms with van der Waals surface area (Å²) < 4.78 is 1.99. The van der Waals surface area contributed by atoms with Crippen LogP contribution in [0.15, 0.2) is 24.4 Å². The summed E-state index contributed by atoms with van der Waals surface area (Å²) in [6.45, 7) is 3.70. The molecular formula is C15H18N4O. The molecule has 2 aliphatic heterocycles. The van der Waals surface area contributed by atoms with Crippen molar-refractivity contribution in [2.45, 2.75) is 19.4 Å². The number of piperidine rings is 1. The number of pyridine rings is 1. The van der Waals surface area contributed by atoms with Crippen molar-refractivity contribution in [3.05, 3.63) is 35.8 Å². The molecule has 0 unspecified atom stereocenters. The fourth-order valence-electron chi connectivity index (χ4n) is 3.33. The predicted octanol–water partition coefficient (Wildman–Crippen LogP) is 1.29. The Morgan fingerprint density at radius 3 is 3.00 bits per heavy atom. The lowest BCUT2D eigenvalue weighted by Crippen LogP contribution is -2.41. The maximum Gasteiger partial charge on any atom is 0.272 e. The Morgan fingerprint density at radius 2 is 2.15 bits per heavy atom. The Morgan fingerprint density at radius 1 is 1.30 bits per heavy atom. The highest BCUT2D eigenvalue weighted by Crippen LogP contribution is 2.23. The van der Waals surface area contributed by atoms with Crippen LogP contribution >= 0.6 is 0 Å². The van der Waals surface area contributed by atoms with Gasteiger partial charge in [0.1, 0.15) is 11.3 Å². The minimum Gasteiger partial charge on any atom is -0.331 e. The van der Waals surface area contributed by atoms with Crippen molar-refractivity contribution >= 4 is 11.6 Å². The van der Waals surface area contributed by atoms with Crippen LogP contribution in [-0.2, 0) is 6.54 Å². The van der Waals surface area contributed by atoms with Gasteiger partial charge in [-0.15, -0.1) is 0 Å². The number of amides is 1. The minimum atomic E-state index is 0.120. The van der Waals surface area contributed by atoms with Crippen molar-refractivity contribution in [1.29, 1.82) is 0 Å². The van der Waals surface area contributed by atoms with Gasteiger partial charge in [-0.1, -0.05) is 6.07 Å². The second-order valence-electron chi connectivity index (χ2n) is 5.73. The molecule has 0 saturated carbocycles. The molecule has 0 aliphatic carbocycles. The molecule has 4 rings (SSSR count). The highest BCUT2D eigenvalue weighted by atomic mass is 16.2. The number of carbonyl (C=O) groups is 1. The molecule has 0 bridgehead atoms. The van der Waals surface area contributed by atoms with E-state index in [0.717, 1.165) is 43.8 Å². The predicted molar refractivity (Wildman–Crippen MR) is 75.5 cm³/mol. The van der Waals surface area contributed by atoms with E-state index in [1.54, 1.807) is 6.20 Å². The van der Waals surface area contributed by atoms with Crippen LogP contribution in [0, 0.1) is 5.92 Å². The van der Waals surface area contributed by atoms with Crippen LogP contribution in [0.3, 0.4) is 0 Å². The molecule has 1 fully saturated rings. The molecule has 0 aromatic carbocycles. The van der Waals surface area contributed by atoms with Crippen molar-refractivity contribution in [2.75, 3.05) is 19.6 Å². The van der Waals surface area contributed by atoms with E-state index in [4.69, 9.17) is 0 Å². The summed E-state index contributed by atoms with van der Waals surface area (Å²) in [5.74, 6) is 0.739. The molecule has 2 aliphatic rings. The van der Waals surface area contributed by atoms with E-state index in [0.29, 0.717) is 18.2 Å². The van der Waals surface area contributed by atoms with E-state index in [1.807, 2.05) is 21.4 Å². The van der Waals surface area contributed by atoms with E-state index in [1.165, 1.54) is 0 Å². The number of nitrogens with zero attached hydrogens (tertiary/aromatic N) is 3. The van der Waals surface area contributed by atoms with Gasteiger partial charge in [0.25, 0.3) is 5.91 Å². The van der Waals surface area contributed by atoms with Gasteiger partial charge in [-0.05, 0) is 44.0 Å². The first kappa shape index (κ1) is 11.9. The van der Waals surface area contributed by atoms with Crippen LogP contribution in [-0.4, -0.2) is 39.8 Å². The van der Waals surface area contributed by atoms with Gasteiger partial charge in [0.2, 0.25) is 0 Å². The molecule has 4 heterocycles. The third kappa shape index (κ3) is 1.81. The zero-order valence-electron chi connectivity index (χ0n) is 11.4. The van der Waals surface area contributed by atoms with Gasteiger partial charge in [0.15, 0.2) is 0 Å². The monoisotopic (exact) mass is 270 g/mol. The molecule has 1 N–H and O–H groups in total. The van der Waals surface area contributed by atoms with E-state index in [2.05, 4.69) is 16.4 Å². The molecule has 1 amide bonds. The Hall–Kier alpha value is -1.88. The summed E-state index contributed by atoms with van der Waals surface area (Å²) in [4.78, 5) is 18.9. The molecular weight excluding hydrogens is 252 g/mol. The summed E-state index contributed by atoms with van der Waals surface area (Å²) in [6, 6.07) is 6.04. The van der Waals surface area contributed by atoms with Gasteiger partial charge in [-0.2, -0.15) is 0 Å². The standard InChI is InChI=1S/C15H18N4O/c20-15-13-8-17-14-3-1-2-12(19(13)14)10-18(15)9-11-4-6-16-7-5-11/h1-3,8,11,16H,4-7,9-10H2. The summed E-state index contributed by atoms with van der Waals surface area (Å²) in [7, 11) is 0. The smallest absolute Gasteiger partial charge is 0.272 e. The maximum atomic E-state index is 12.6. The van der Waals surface area contributed by atoms with Crippen LogP contribution in [0.4, 0.5) is 0 Å². The van der Waals surface area contributed by atoms with Crippen molar-refractivity contribution in [3.8, 4) is 0 Å². The fraction of sp³-hybridized carbons (Fsp3) is 0.467. The zero-order chi connectivity index (χ0) is 13.5. The Balaban J connectivity index is 1.63. The number of carbonyl (C=O) groups excluding carboxylic acids is 1. The summed E-state index contributed by atoms with van der Waals surface area (Å²) >= 11 is 0. The normalized spacial score (nSPS) is 19.8. The molecule has 2 aromatic rings. The lowest BCUT2D eigenvalue weighted by atomic mass is 9.97. The number of nitrogens with one attached hydrogen (secondary N) is 1. The van der Waals surface area contributed by atoms with Crippen LogP contribution in [0.5, 0.6) is 0 Å². The average molecular weight is 270 g/mol. The number of hydrogen-bond acceptors (Lipinski definition) is 3. The molecule has 5 nitrogen and oxygen atoms in total. The first-order valence-electron chi connectivity index (χ1n) is 7.28. The van der Waals surface area contributed by atoms with Crippen LogP contribution < -0.4 is 5.32 Å². The molecule has 2 aromatic heterocycles. The first-order valence-corrected chi connectivity index (χ1v) is 7.28. The quantitative estimate of drug-likeness (QED) is 0.894. The first-order chi connectivity index (χ1) is 9.83. The van der Waals surface area contributed by atoms with Gasteiger partial charge < -0.3 is 10.2 Å². The topological polar surface area (TPSA) is 49.6 Å². The second kappa shape index (κ2) is 4.59. The largest absolute Gasteiger partial charge is 0.331 e. The number of rotatable bonds is 2. The summed E-state index contributed by atoms with van der Waals surface area (Å²) in [6.07, 6.45) is 4.02. The SMILES string of the molecule is O=C1c2cnc3cccc(n23)CN1CC1CCNCC1. The van der Waals surface area contributed by atoms with Crippen LogP contribution in [0.25, 0.3) is 5.65 Å². The summed E-state index contributed by atoms with van der Waals surface area (Å²) in [5, 5.41) is 3.37. The van der Waals surface area contributed by atoms with E-state index < -0.39 is 0 Å². The highest BCUT2D eigenvalue weighted by Gasteiger charge is 2.28. The number of imidazole rings is 1. The maximum absolute atomic E-state index is 12.6.